The van der Waals surface area contributed by atoms with Gasteiger partial charge in [0.15, 0.2) is 13.1 Å². The molecule has 0 saturated heterocycles. The fourth-order valence-corrected chi connectivity index (χ4v) is 1.58. The lowest BCUT2D eigenvalue weighted by Gasteiger charge is -2.02. The van der Waals surface area contributed by atoms with Gasteiger partial charge in [0.2, 0.25) is 0 Å². The first kappa shape index (κ1) is 10.7. The number of nitrogens with zero attached hydrogens (tertiary/aromatic N) is 2. The lowest BCUT2D eigenvalue weighted by atomic mass is 9.63. The molecule has 2 aromatic rings. The lowest BCUT2D eigenvalue weighted by Crippen LogP contribution is -2.15. The molecular formula is C12H14BN3. The SMILES string of the molecule is C=C(Bc1cccc(-c2nc[nH]n2)c1)CC. The molecule has 0 fully saturated rings. The van der Waals surface area contributed by atoms with Gasteiger partial charge in [-0.2, -0.15) is 5.10 Å². The van der Waals surface area contributed by atoms with Crippen molar-refractivity contribution in [2.45, 2.75) is 13.3 Å². The molecule has 1 heterocycles. The van der Waals surface area contributed by atoms with Crippen molar-refractivity contribution < 1.29 is 0 Å². The van der Waals surface area contributed by atoms with E-state index in [-0.39, 0.29) is 0 Å². The number of benzene rings is 1. The van der Waals surface area contributed by atoms with E-state index in [9.17, 15) is 0 Å². The van der Waals surface area contributed by atoms with E-state index in [1.54, 1.807) is 6.33 Å². The maximum atomic E-state index is 4.14. The minimum absolute atomic E-state index is 0.740. The van der Waals surface area contributed by atoms with Crippen LogP contribution in [0.1, 0.15) is 13.3 Å². The summed E-state index contributed by atoms with van der Waals surface area (Å²) in [7, 11) is 0.925. The van der Waals surface area contributed by atoms with Gasteiger partial charge in [-0.05, 0) is 6.42 Å². The van der Waals surface area contributed by atoms with Crippen LogP contribution >= 0.6 is 0 Å². The largest absolute Gasteiger partial charge is 0.265 e. The molecule has 1 aromatic heterocycles. The van der Waals surface area contributed by atoms with E-state index >= 15 is 0 Å². The van der Waals surface area contributed by atoms with Crippen LogP contribution in [0.3, 0.4) is 0 Å². The molecule has 0 spiro atoms. The van der Waals surface area contributed by atoms with Crippen LogP contribution < -0.4 is 5.46 Å². The summed E-state index contributed by atoms with van der Waals surface area (Å²) in [5.74, 6) is 0.740. The minimum atomic E-state index is 0.740. The molecule has 0 aliphatic carbocycles. The third-order valence-electron chi connectivity index (χ3n) is 2.55. The Morgan fingerprint density at radius 2 is 2.38 bits per heavy atom. The number of hydrogen-bond acceptors (Lipinski definition) is 2. The van der Waals surface area contributed by atoms with Gasteiger partial charge in [-0.1, -0.05) is 36.7 Å². The van der Waals surface area contributed by atoms with Crippen molar-refractivity contribution in [1.82, 2.24) is 15.2 Å². The molecule has 0 atom stereocenters. The molecule has 0 saturated carbocycles. The fourth-order valence-electron chi connectivity index (χ4n) is 1.58. The summed E-state index contributed by atoms with van der Waals surface area (Å²) < 4.78 is 0. The number of hydrogen-bond donors (Lipinski definition) is 1. The van der Waals surface area contributed by atoms with Crippen molar-refractivity contribution in [2.24, 2.45) is 0 Å². The first-order chi connectivity index (χ1) is 7.79. The smallest absolute Gasteiger partial charge is 0.186 e. The summed E-state index contributed by atoms with van der Waals surface area (Å²) in [6.07, 6.45) is 2.61. The number of H-pyrrole nitrogens is 1. The number of allylic oxidation sites excluding steroid dienone is 1. The van der Waals surface area contributed by atoms with Crippen LogP contribution in [0.25, 0.3) is 11.4 Å². The monoisotopic (exact) mass is 211 g/mol. The van der Waals surface area contributed by atoms with Crippen molar-refractivity contribution in [3.05, 3.63) is 42.6 Å². The normalized spacial score (nSPS) is 10.1. The van der Waals surface area contributed by atoms with Gasteiger partial charge in [-0.25, -0.2) is 4.98 Å². The van der Waals surface area contributed by atoms with Crippen molar-refractivity contribution in [3.8, 4) is 11.4 Å². The van der Waals surface area contributed by atoms with Crippen LogP contribution in [-0.2, 0) is 0 Å². The second kappa shape index (κ2) is 4.79. The van der Waals surface area contributed by atoms with Gasteiger partial charge in [-0.15, -0.1) is 12.1 Å². The summed E-state index contributed by atoms with van der Waals surface area (Å²) in [4.78, 5) is 4.14. The zero-order valence-electron chi connectivity index (χ0n) is 9.40. The molecule has 16 heavy (non-hydrogen) atoms. The zero-order valence-corrected chi connectivity index (χ0v) is 9.40. The molecule has 0 amide bonds. The standard InChI is InChI=1S/C12H14BN3/c1-3-9(2)13-11-6-4-5-10(7-11)12-14-8-15-16-12/h4-8,13H,2-3H2,1H3,(H,14,15,16). The molecule has 0 unspecified atom stereocenters. The van der Waals surface area contributed by atoms with E-state index in [4.69, 9.17) is 0 Å². The predicted molar refractivity (Wildman–Crippen MR) is 68.0 cm³/mol. The summed E-state index contributed by atoms with van der Waals surface area (Å²) in [6.45, 7) is 6.15. The minimum Gasteiger partial charge on any atom is -0.265 e. The Labute approximate surface area is 95.9 Å². The molecule has 0 aliphatic rings. The summed E-state index contributed by atoms with van der Waals surface area (Å²) in [5, 5.41) is 6.79. The molecule has 1 N–H and O–H groups in total. The van der Waals surface area contributed by atoms with E-state index < -0.39 is 0 Å². The second-order valence-electron chi connectivity index (χ2n) is 3.80. The van der Waals surface area contributed by atoms with E-state index in [1.807, 2.05) is 12.1 Å². The van der Waals surface area contributed by atoms with Crippen LogP contribution in [0.15, 0.2) is 42.6 Å². The van der Waals surface area contributed by atoms with E-state index in [0.717, 1.165) is 25.1 Å². The van der Waals surface area contributed by atoms with Crippen LogP contribution in [0.2, 0.25) is 0 Å². The van der Waals surface area contributed by atoms with Gasteiger partial charge in [0.1, 0.15) is 6.33 Å². The van der Waals surface area contributed by atoms with Crippen LogP contribution in [-0.4, -0.2) is 22.5 Å². The van der Waals surface area contributed by atoms with E-state index in [2.05, 4.69) is 40.8 Å². The molecule has 0 radical (unpaired) electrons. The quantitative estimate of drug-likeness (QED) is 0.777. The van der Waals surface area contributed by atoms with E-state index in [0.29, 0.717) is 0 Å². The number of aromatic nitrogens is 3. The summed E-state index contributed by atoms with van der Waals surface area (Å²) in [5.41, 5.74) is 3.55. The molecule has 1 aromatic carbocycles. The Hall–Kier alpha value is -1.84. The summed E-state index contributed by atoms with van der Waals surface area (Å²) in [6, 6.07) is 8.27. The Morgan fingerprint density at radius 3 is 3.06 bits per heavy atom. The Kier molecular flexibility index (Phi) is 3.20. The Morgan fingerprint density at radius 1 is 1.50 bits per heavy atom. The highest BCUT2D eigenvalue weighted by atomic mass is 15.2. The number of nitrogens with one attached hydrogen (secondary N) is 1. The summed E-state index contributed by atoms with van der Waals surface area (Å²) >= 11 is 0. The van der Waals surface area contributed by atoms with Crippen molar-refractivity contribution in [3.63, 3.8) is 0 Å². The van der Waals surface area contributed by atoms with Gasteiger partial charge < -0.3 is 0 Å². The van der Waals surface area contributed by atoms with Crippen molar-refractivity contribution in [2.75, 3.05) is 0 Å². The zero-order chi connectivity index (χ0) is 11.4. The van der Waals surface area contributed by atoms with Crippen LogP contribution in [0.4, 0.5) is 0 Å². The van der Waals surface area contributed by atoms with Gasteiger partial charge >= 0.3 is 0 Å². The van der Waals surface area contributed by atoms with Gasteiger partial charge in [-0.3, -0.25) is 5.10 Å². The topological polar surface area (TPSA) is 41.6 Å². The fraction of sp³-hybridized carbons (Fsp3) is 0.167. The third kappa shape index (κ3) is 2.39. The first-order valence-electron chi connectivity index (χ1n) is 5.41. The molecule has 3 nitrogen and oxygen atoms in total. The predicted octanol–water partition coefficient (Wildman–Crippen LogP) is 1.46. The highest BCUT2D eigenvalue weighted by Crippen LogP contribution is 2.11. The first-order valence-corrected chi connectivity index (χ1v) is 5.41. The molecule has 80 valence electrons. The average Bonchev–Trinajstić information content (AvgIpc) is 2.83. The van der Waals surface area contributed by atoms with Gasteiger partial charge in [0.25, 0.3) is 0 Å². The Balaban J connectivity index is 2.23. The second-order valence-corrected chi connectivity index (χ2v) is 3.80. The molecular weight excluding hydrogens is 197 g/mol. The van der Waals surface area contributed by atoms with Gasteiger partial charge in [0, 0.05) is 5.56 Å². The number of rotatable bonds is 4. The van der Waals surface area contributed by atoms with Crippen molar-refractivity contribution in [1.29, 1.82) is 0 Å². The Bertz CT molecular complexity index is 477. The maximum absolute atomic E-state index is 4.14. The highest BCUT2D eigenvalue weighted by Gasteiger charge is 2.04. The van der Waals surface area contributed by atoms with Crippen molar-refractivity contribution >= 4 is 12.7 Å². The molecule has 0 bridgehead atoms. The lowest BCUT2D eigenvalue weighted by molar-refractivity contribution is 1.10. The maximum Gasteiger partial charge on any atom is 0.186 e. The average molecular weight is 211 g/mol. The van der Waals surface area contributed by atoms with Crippen LogP contribution in [0.5, 0.6) is 0 Å². The van der Waals surface area contributed by atoms with Gasteiger partial charge in [0.05, 0.1) is 0 Å². The highest BCUT2D eigenvalue weighted by molar-refractivity contribution is 6.60. The molecule has 2 rings (SSSR count). The molecule has 0 aliphatic heterocycles. The molecule has 4 heteroatoms. The van der Waals surface area contributed by atoms with Crippen LogP contribution in [0, 0.1) is 0 Å². The number of aromatic amines is 1. The third-order valence-corrected chi connectivity index (χ3v) is 2.55. The van der Waals surface area contributed by atoms with E-state index in [1.165, 1.54) is 10.9 Å².